The molecule has 2 aliphatic rings. The van der Waals surface area contributed by atoms with Gasteiger partial charge in [0.15, 0.2) is 0 Å². The molecule has 2 aliphatic heterocycles. The molecule has 0 spiro atoms. The maximum absolute atomic E-state index is 9.50. The molecule has 2 aromatic heterocycles. The van der Waals surface area contributed by atoms with Crippen molar-refractivity contribution in [3.05, 3.63) is 82.1 Å². The third-order valence-corrected chi connectivity index (χ3v) is 7.11. The van der Waals surface area contributed by atoms with E-state index in [1.54, 1.807) is 0 Å². The summed E-state index contributed by atoms with van der Waals surface area (Å²) in [5.41, 5.74) is 7.70. The number of aromatic nitrogens is 2. The molecular weight excluding hydrogens is 551 g/mol. The van der Waals surface area contributed by atoms with Crippen LogP contribution in [0.4, 0.5) is 0 Å². The molecule has 0 aliphatic carbocycles. The zero-order valence-electron chi connectivity index (χ0n) is 21.8. The summed E-state index contributed by atoms with van der Waals surface area (Å²) in [5.74, 6) is -2.73. The molecule has 0 radical (unpaired) electrons. The fourth-order valence-corrected chi connectivity index (χ4v) is 5.00. The van der Waals surface area contributed by atoms with Crippen LogP contribution in [-0.2, 0) is 9.59 Å². The molecule has 0 atom stereocenters. The molecule has 40 heavy (non-hydrogen) atoms. The van der Waals surface area contributed by atoms with Crippen LogP contribution in [0.3, 0.4) is 0 Å². The summed E-state index contributed by atoms with van der Waals surface area (Å²) >= 11 is 12.1. The van der Waals surface area contributed by atoms with Gasteiger partial charge in [-0.1, -0.05) is 35.4 Å². The molecule has 4 N–H and O–H groups in total. The fraction of sp³-hybridized carbons (Fsp3) is 0.267. The first-order valence-electron chi connectivity index (χ1n) is 13.0. The summed E-state index contributed by atoms with van der Waals surface area (Å²) < 4.78 is 0. The van der Waals surface area contributed by atoms with E-state index in [2.05, 4.69) is 45.1 Å². The molecule has 8 nitrogen and oxygen atoms in total. The molecule has 210 valence electrons. The summed E-state index contributed by atoms with van der Waals surface area (Å²) in [6, 6.07) is 12.0. The van der Waals surface area contributed by atoms with Crippen LogP contribution in [0.25, 0.3) is 33.0 Å². The molecular formula is C30H30Cl2N4O4-2. The van der Waals surface area contributed by atoms with Gasteiger partial charge in [-0.25, -0.2) is 0 Å². The van der Waals surface area contributed by atoms with Crippen molar-refractivity contribution >= 4 is 68.1 Å². The number of nitrogens with one attached hydrogen (secondary N) is 4. The number of halogens is 2. The quantitative estimate of drug-likeness (QED) is 0.284. The number of hydrogen-bond donors (Lipinski definition) is 4. The summed E-state index contributed by atoms with van der Waals surface area (Å²) in [4.78, 5) is 25.6. The topological polar surface area (TPSA) is 136 Å². The van der Waals surface area contributed by atoms with Gasteiger partial charge in [0.25, 0.3) is 0 Å². The van der Waals surface area contributed by atoms with Crippen molar-refractivity contribution in [2.75, 3.05) is 26.2 Å². The van der Waals surface area contributed by atoms with Gasteiger partial charge in [0, 0.05) is 80.4 Å². The molecule has 0 fully saturated rings. The van der Waals surface area contributed by atoms with Crippen LogP contribution in [0.1, 0.15) is 36.8 Å². The summed E-state index contributed by atoms with van der Waals surface area (Å²) in [5, 5.41) is 29.7. The van der Waals surface area contributed by atoms with Gasteiger partial charge in [0.05, 0.1) is 0 Å². The molecule has 10 heteroatoms. The largest absolute Gasteiger partial charge is 0.550 e. The average Bonchev–Trinajstić information content (AvgIpc) is 3.57. The lowest BCUT2D eigenvalue weighted by Crippen LogP contribution is -2.27. The number of rotatable bonds is 5. The predicted octanol–water partition coefficient (Wildman–Crippen LogP) is 3.66. The third-order valence-electron chi connectivity index (χ3n) is 6.64. The Balaban J connectivity index is 0.000000148. The fourth-order valence-electron chi connectivity index (χ4n) is 4.66. The Morgan fingerprint density at radius 1 is 0.700 bits per heavy atom. The number of fused-ring (bicyclic) bond motifs is 2. The molecule has 0 bridgehead atoms. The van der Waals surface area contributed by atoms with Crippen molar-refractivity contribution in [3.8, 4) is 0 Å². The second-order valence-electron chi connectivity index (χ2n) is 9.40. The number of carbonyl (C=O) groups excluding carboxylic acids is 2. The van der Waals surface area contributed by atoms with Crippen molar-refractivity contribution in [1.29, 1.82) is 0 Å². The Morgan fingerprint density at radius 2 is 1.12 bits per heavy atom. The van der Waals surface area contributed by atoms with Crippen LogP contribution >= 0.6 is 23.2 Å². The predicted molar refractivity (Wildman–Crippen MR) is 157 cm³/mol. The van der Waals surface area contributed by atoms with E-state index < -0.39 is 24.8 Å². The molecule has 0 unspecified atom stereocenters. The molecule has 4 heterocycles. The zero-order valence-corrected chi connectivity index (χ0v) is 23.3. The van der Waals surface area contributed by atoms with E-state index in [9.17, 15) is 19.8 Å². The van der Waals surface area contributed by atoms with Crippen molar-refractivity contribution in [2.24, 2.45) is 0 Å². The minimum Gasteiger partial charge on any atom is -0.550 e. The second kappa shape index (κ2) is 14.2. The first-order chi connectivity index (χ1) is 19.3. The molecule has 2 aromatic carbocycles. The van der Waals surface area contributed by atoms with Gasteiger partial charge in [-0.3, -0.25) is 0 Å². The van der Waals surface area contributed by atoms with Crippen LogP contribution in [0, 0.1) is 0 Å². The standard InChI is InChI=1S/2C13H13ClN2.C4H6O4/c2*14-10-1-2-13-11(7-10)12(8-16-13)9-3-5-15-6-4-9;5-3(6)1-2-4(7)8/h2*1-3,7-8,15-16H,4-6H2;1-2H2,(H,5,6)(H,7,8)/p-2. The van der Waals surface area contributed by atoms with E-state index in [-0.39, 0.29) is 0 Å². The Bertz CT molecular complexity index is 1440. The lowest BCUT2D eigenvalue weighted by Gasteiger charge is -2.13. The minimum absolute atomic E-state index is 0.470. The normalized spacial score (nSPS) is 14.8. The number of aromatic amines is 2. The molecule has 4 aromatic rings. The number of carbonyl (C=O) groups is 2. The molecule has 6 rings (SSSR count). The van der Waals surface area contributed by atoms with Crippen molar-refractivity contribution in [2.45, 2.75) is 25.7 Å². The lowest BCUT2D eigenvalue weighted by molar-refractivity contribution is -0.315. The Labute approximate surface area is 242 Å². The molecule has 0 saturated carbocycles. The SMILES string of the molecule is Clc1ccc2[nH]cc(C3=CCNCC3)c2c1.Clc1ccc2[nH]cc(C3=CCNCC3)c2c1.O=C([O-])CCC(=O)[O-]. The second-order valence-corrected chi connectivity index (χ2v) is 10.3. The van der Waals surface area contributed by atoms with Crippen molar-refractivity contribution < 1.29 is 19.8 Å². The molecule has 0 saturated heterocycles. The van der Waals surface area contributed by atoms with Gasteiger partial charge in [0.2, 0.25) is 0 Å². The van der Waals surface area contributed by atoms with Gasteiger partial charge < -0.3 is 40.4 Å². The Hall–Kier alpha value is -3.56. The highest BCUT2D eigenvalue weighted by Gasteiger charge is 2.12. The highest BCUT2D eigenvalue weighted by molar-refractivity contribution is 6.31. The zero-order chi connectivity index (χ0) is 28.5. The van der Waals surface area contributed by atoms with E-state index in [4.69, 9.17) is 23.2 Å². The summed E-state index contributed by atoms with van der Waals surface area (Å²) in [6.45, 7) is 4.03. The first-order valence-corrected chi connectivity index (χ1v) is 13.8. The maximum Gasteiger partial charge on any atom is 0.0461 e. The number of carboxylic acids is 2. The molecule has 0 amide bonds. The van der Waals surface area contributed by atoms with Gasteiger partial charge in [-0.05, 0) is 86.3 Å². The van der Waals surface area contributed by atoms with E-state index >= 15 is 0 Å². The number of H-pyrrole nitrogens is 2. The van der Waals surface area contributed by atoms with Crippen LogP contribution in [0.2, 0.25) is 10.0 Å². The van der Waals surface area contributed by atoms with Gasteiger partial charge in [0.1, 0.15) is 0 Å². The van der Waals surface area contributed by atoms with E-state index in [0.29, 0.717) is 0 Å². The van der Waals surface area contributed by atoms with E-state index in [1.807, 2.05) is 36.4 Å². The Kier molecular flexibility index (Phi) is 10.4. The summed E-state index contributed by atoms with van der Waals surface area (Å²) in [7, 11) is 0. The smallest absolute Gasteiger partial charge is 0.0461 e. The highest BCUT2D eigenvalue weighted by atomic mass is 35.5. The number of aliphatic carboxylic acids is 2. The van der Waals surface area contributed by atoms with Crippen molar-refractivity contribution in [1.82, 2.24) is 20.6 Å². The van der Waals surface area contributed by atoms with Crippen molar-refractivity contribution in [3.63, 3.8) is 0 Å². The van der Waals surface area contributed by atoms with Gasteiger partial charge >= 0.3 is 0 Å². The first kappa shape index (κ1) is 29.4. The van der Waals surface area contributed by atoms with Gasteiger partial charge in [-0.15, -0.1) is 0 Å². The highest BCUT2D eigenvalue weighted by Crippen LogP contribution is 2.30. The maximum atomic E-state index is 9.50. The number of carboxylic acid groups (broad SMARTS) is 2. The Morgan fingerprint density at radius 3 is 1.48 bits per heavy atom. The summed E-state index contributed by atoms with van der Waals surface area (Å²) in [6.07, 6.45) is 9.90. The van der Waals surface area contributed by atoms with E-state index in [0.717, 1.165) is 60.1 Å². The van der Waals surface area contributed by atoms with Crippen LogP contribution < -0.4 is 20.8 Å². The van der Waals surface area contributed by atoms with E-state index in [1.165, 1.54) is 33.0 Å². The number of hydrogen-bond acceptors (Lipinski definition) is 6. The van der Waals surface area contributed by atoms with Gasteiger partial charge in [-0.2, -0.15) is 0 Å². The minimum atomic E-state index is -1.37. The lowest BCUT2D eigenvalue weighted by atomic mass is 10.00. The monoisotopic (exact) mass is 580 g/mol. The number of benzene rings is 2. The average molecular weight is 582 g/mol. The van der Waals surface area contributed by atoms with Crippen LogP contribution in [-0.4, -0.2) is 48.1 Å². The van der Waals surface area contributed by atoms with Crippen LogP contribution in [0.5, 0.6) is 0 Å². The van der Waals surface area contributed by atoms with Crippen LogP contribution in [0.15, 0.2) is 60.9 Å². The third kappa shape index (κ3) is 7.99.